The summed E-state index contributed by atoms with van der Waals surface area (Å²) in [7, 11) is 0. The van der Waals surface area contributed by atoms with Gasteiger partial charge in [0.2, 0.25) is 5.91 Å². The van der Waals surface area contributed by atoms with Crippen molar-refractivity contribution in [2.75, 3.05) is 5.32 Å². The van der Waals surface area contributed by atoms with E-state index in [1.165, 1.54) is 0 Å². The molecule has 1 aliphatic rings. The zero-order chi connectivity index (χ0) is 14.3. The van der Waals surface area contributed by atoms with Crippen molar-refractivity contribution >= 4 is 11.6 Å². The van der Waals surface area contributed by atoms with Gasteiger partial charge in [-0.2, -0.15) is 5.26 Å². The quantitative estimate of drug-likeness (QED) is 0.794. The second kappa shape index (κ2) is 4.46. The third kappa shape index (κ3) is 1.76. The maximum absolute atomic E-state index is 12.2. The van der Waals surface area contributed by atoms with Crippen molar-refractivity contribution in [2.24, 2.45) is 0 Å². The maximum Gasteiger partial charge on any atom is 0.233 e. The van der Waals surface area contributed by atoms with E-state index in [9.17, 15) is 10.1 Å². The van der Waals surface area contributed by atoms with E-state index in [0.29, 0.717) is 5.56 Å². The topological polar surface area (TPSA) is 65.8 Å². The van der Waals surface area contributed by atoms with Crippen molar-refractivity contribution < 1.29 is 4.79 Å². The van der Waals surface area contributed by atoms with Gasteiger partial charge in [-0.15, -0.1) is 0 Å². The Balaban J connectivity index is 2.35. The van der Waals surface area contributed by atoms with Gasteiger partial charge < -0.3 is 5.32 Å². The fraction of sp³-hybridized carbons (Fsp3) is 0.188. The molecule has 1 aromatic heterocycles. The number of nitriles is 1. The minimum Gasteiger partial charge on any atom is -0.325 e. The maximum atomic E-state index is 12.2. The number of benzene rings is 1. The molecule has 0 aliphatic carbocycles. The molecular weight excluding hydrogens is 250 g/mol. The molecule has 20 heavy (non-hydrogen) atoms. The summed E-state index contributed by atoms with van der Waals surface area (Å²) < 4.78 is 0. The molecule has 1 N–H and O–H groups in total. The van der Waals surface area contributed by atoms with Crippen LogP contribution < -0.4 is 5.32 Å². The molecule has 1 atom stereocenters. The number of amides is 1. The van der Waals surface area contributed by atoms with E-state index in [4.69, 9.17) is 0 Å². The van der Waals surface area contributed by atoms with Gasteiger partial charge in [0.15, 0.2) is 0 Å². The lowest BCUT2D eigenvalue weighted by Crippen LogP contribution is -2.18. The van der Waals surface area contributed by atoms with Gasteiger partial charge in [0.1, 0.15) is 0 Å². The first-order valence-corrected chi connectivity index (χ1v) is 6.42. The van der Waals surface area contributed by atoms with Gasteiger partial charge in [-0.25, -0.2) is 0 Å². The van der Waals surface area contributed by atoms with Gasteiger partial charge in [-0.05, 0) is 37.6 Å². The normalized spacial score (nSPS) is 16.4. The molecule has 0 bridgehead atoms. The Kier molecular flexibility index (Phi) is 2.76. The fourth-order valence-corrected chi connectivity index (χ4v) is 2.51. The van der Waals surface area contributed by atoms with Crippen molar-refractivity contribution in [2.45, 2.75) is 19.8 Å². The highest BCUT2D eigenvalue weighted by atomic mass is 16.1. The van der Waals surface area contributed by atoms with E-state index in [1.54, 1.807) is 6.20 Å². The molecule has 1 unspecified atom stereocenters. The van der Waals surface area contributed by atoms with Gasteiger partial charge in [0, 0.05) is 23.0 Å². The molecule has 0 radical (unpaired) electrons. The predicted molar refractivity (Wildman–Crippen MR) is 76.2 cm³/mol. The Hall–Kier alpha value is -2.67. The minimum atomic E-state index is -0.315. The third-order valence-electron chi connectivity index (χ3n) is 3.67. The third-order valence-corrected chi connectivity index (χ3v) is 3.67. The van der Waals surface area contributed by atoms with Crippen LogP contribution in [0.4, 0.5) is 5.69 Å². The smallest absolute Gasteiger partial charge is 0.233 e. The highest BCUT2D eigenvalue weighted by molar-refractivity contribution is 6.03. The number of aromatic nitrogens is 1. The van der Waals surface area contributed by atoms with Crippen molar-refractivity contribution in [3.8, 4) is 17.2 Å². The number of anilines is 1. The molecule has 2 aromatic rings. The molecule has 0 saturated heterocycles. The molecular formula is C16H13N3O. The molecule has 0 fully saturated rings. The summed E-state index contributed by atoms with van der Waals surface area (Å²) >= 11 is 0. The standard InChI is InChI=1S/C16H13N3O/c1-9-6-14-13(7-11(9)8-17)12-4-3-5-18-15(12)10(2)16(20)19-14/h3-7,10H,1-2H3,(H,19,20). The summed E-state index contributed by atoms with van der Waals surface area (Å²) in [4.78, 5) is 16.5. The van der Waals surface area contributed by atoms with Gasteiger partial charge in [0.25, 0.3) is 0 Å². The van der Waals surface area contributed by atoms with Crippen LogP contribution in [0.1, 0.15) is 29.7 Å². The Bertz CT molecular complexity index is 759. The summed E-state index contributed by atoms with van der Waals surface area (Å²) in [6.45, 7) is 3.70. The summed E-state index contributed by atoms with van der Waals surface area (Å²) in [5.41, 5.74) is 4.72. The summed E-state index contributed by atoms with van der Waals surface area (Å²) in [5, 5.41) is 12.1. The monoisotopic (exact) mass is 263 g/mol. The van der Waals surface area contributed by atoms with E-state index >= 15 is 0 Å². The first kappa shape index (κ1) is 12.4. The van der Waals surface area contributed by atoms with Crippen molar-refractivity contribution in [3.05, 3.63) is 47.3 Å². The van der Waals surface area contributed by atoms with Crippen LogP contribution in [-0.2, 0) is 4.79 Å². The lowest BCUT2D eigenvalue weighted by molar-refractivity contribution is -0.117. The molecule has 98 valence electrons. The number of nitrogens with zero attached hydrogens (tertiary/aromatic N) is 2. The first-order chi connectivity index (χ1) is 9.61. The number of aryl methyl sites for hydroxylation is 1. The highest BCUT2D eigenvalue weighted by Crippen LogP contribution is 2.38. The second-order valence-corrected chi connectivity index (χ2v) is 4.97. The predicted octanol–water partition coefficient (Wildman–Crippen LogP) is 2.98. The van der Waals surface area contributed by atoms with Crippen LogP contribution in [0, 0.1) is 18.3 Å². The highest BCUT2D eigenvalue weighted by Gasteiger charge is 2.26. The van der Waals surface area contributed by atoms with Crippen LogP contribution in [0.3, 0.4) is 0 Å². The molecule has 4 nitrogen and oxygen atoms in total. The molecule has 2 heterocycles. The van der Waals surface area contributed by atoms with Crippen LogP contribution in [0.25, 0.3) is 11.1 Å². The zero-order valence-corrected chi connectivity index (χ0v) is 11.3. The van der Waals surface area contributed by atoms with Gasteiger partial charge in [-0.3, -0.25) is 9.78 Å². The Labute approximate surface area is 117 Å². The zero-order valence-electron chi connectivity index (χ0n) is 11.3. The molecule has 1 aliphatic heterocycles. The molecule has 3 rings (SSSR count). The molecule has 0 saturated carbocycles. The van der Waals surface area contributed by atoms with Crippen molar-refractivity contribution in [3.63, 3.8) is 0 Å². The van der Waals surface area contributed by atoms with E-state index < -0.39 is 0 Å². The summed E-state index contributed by atoms with van der Waals surface area (Å²) in [5.74, 6) is -0.391. The van der Waals surface area contributed by atoms with E-state index in [1.807, 2.05) is 38.1 Å². The van der Waals surface area contributed by atoms with Crippen molar-refractivity contribution in [1.82, 2.24) is 4.98 Å². The Morgan fingerprint density at radius 1 is 1.35 bits per heavy atom. The van der Waals surface area contributed by atoms with Gasteiger partial charge in [-0.1, -0.05) is 6.07 Å². The molecule has 1 aromatic carbocycles. The van der Waals surface area contributed by atoms with Crippen molar-refractivity contribution in [1.29, 1.82) is 5.26 Å². The lowest BCUT2D eigenvalue weighted by Gasteiger charge is -2.10. The first-order valence-electron chi connectivity index (χ1n) is 6.42. The van der Waals surface area contributed by atoms with Crippen LogP contribution in [-0.4, -0.2) is 10.9 Å². The van der Waals surface area contributed by atoms with Gasteiger partial charge >= 0.3 is 0 Å². The molecule has 0 spiro atoms. The number of hydrogen-bond donors (Lipinski definition) is 1. The minimum absolute atomic E-state index is 0.0761. The number of fused-ring (bicyclic) bond motifs is 3. The number of carbonyl (C=O) groups is 1. The summed E-state index contributed by atoms with van der Waals surface area (Å²) in [6, 6.07) is 9.64. The van der Waals surface area contributed by atoms with Crippen LogP contribution in [0.5, 0.6) is 0 Å². The van der Waals surface area contributed by atoms with E-state index in [0.717, 1.165) is 28.1 Å². The van der Waals surface area contributed by atoms with Crippen LogP contribution >= 0.6 is 0 Å². The number of carbonyl (C=O) groups excluding carboxylic acids is 1. The largest absolute Gasteiger partial charge is 0.325 e. The van der Waals surface area contributed by atoms with Crippen LogP contribution in [0.15, 0.2) is 30.5 Å². The van der Waals surface area contributed by atoms with E-state index in [2.05, 4.69) is 16.4 Å². The van der Waals surface area contributed by atoms with Gasteiger partial charge in [0.05, 0.1) is 23.2 Å². The number of hydrogen-bond acceptors (Lipinski definition) is 3. The second-order valence-electron chi connectivity index (χ2n) is 4.97. The number of rotatable bonds is 0. The molecule has 4 heteroatoms. The average molecular weight is 263 g/mol. The number of pyridine rings is 1. The van der Waals surface area contributed by atoms with Crippen LogP contribution in [0.2, 0.25) is 0 Å². The summed E-state index contributed by atoms with van der Waals surface area (Å²) in [6.07, 6.45) is 1.69. The Morgan fingerprint density at radius 3 is 2.90 bits per heavy atom. The number of nitrogens with one attached hydrogen (secondary N) is 1. The average Bonchev–Trinajstić information content (AvgIpc) is 2.55. The molecule has 1 amide bonds. The SMILES string of the molecule is Cc1cc2c(cc1C#N)-c1cccnc1C(C)C(=O)N2. The van der Waals surface area contributed by atoms with E-state index in [-0.39, 0.29) is 11.8 Å². The fourth-order valence-electron chi connectivity index (χ4n) is 2.51. The lowest BCUT2D eigenvalue weighted by atomic mass is 9.95. The Morgan fingerprint density at radius 2 is 2.15 bits per heavy atom.